The van der Waals surface area contributed by atoms with Gasteiger partial charge < -0.3 is 34.8 Å². The zero-order chi connectivity index (χ0) is 30.1. The van der Waals surface area contributed by atoms with Gasteiger partial charge >= 0.3 is 12.1 Å². The van der Waals surface area contributed by atoms with Crippen molar-refractivity contribution in [2.45, 2.75) is 66.5 Å². The number of fused-ring (bicyclic) bond motifs is 1. The molecule has 2 saturated heterocycles. The molecule has 4 heterocycles. The first kappa shape index (κ1) is 32.4. The molecule has 2 aliphatic rings. The summed E-state index contributed by atoms with van der Waals surface area (Å²) >= 11 is 0. The number of nitrogens with one attached hydrogen (secondary N) is 2. The fraction of sp³-hybridized carbons (Fsp3) is 0.733. The van der Waals surface area contributed by atoms with Crippen LogP contribution in [0.2, 0.25) is 0 Å². The summed E-state index contributed by atoms with van der Waals surface area (Å²) in [6, 6.07) is 3.02. The van der Waals surface area contributed by atoms with Gasteiger partial charge in [0.25, 0.3) is 0 Å². The summed E-state index contributed by atoms with van der Waals surface area (Å²) in [6.07, 6.45) is 5.58. The summed E-state index contributed by atoms with van der Waals surface area (Å²) in [7, 11) is 4.05. The van der Waals surface area contributed by atoms with Gasteiger partial charge in [-0.1, -0.05) is 13.8 Å². The fourth-order valence-electron chi connectivity index (χ4n) is 6.03. The van der Waals surface area contributed by atoms with Gasteiger partial charge in [-0.2, -0.15) is 0 Å². The van der Waals surface area contributed by atoms with Gasteiger partial charge in [0.05, 0.1) is 11.4 Å². The first-order valence-corrected chi connectivity index (χ1v) is 15.5. The Hall–Kier alpha value is -3.08. The zero-order valence-electron chi connectivity index (χ0n) is 26.6. The highest BCUT2D eigenvalue weighted by molar-refractivity contribution is 5.87. The number of hydrogen-bond acceptors (Lipinski definition) is 6. The van der Waals surface area contributed by atoms with Crippen LogP contribution in [0, 0.1) is 11.8 Å². The molecule has 230 valence electrons. The topological polar surface area (TPSA) is 104 Å². The number of rotatable bonds is 7. The lowest BCUT2D eigenvalue weighted by Crippen LogP contribution is -2.55. The summed E-state index contributed by atoms with van der Waals surface area (Å²) in [4.78, 5) is 46.8. The second kappa shape index (κ2) is 15.2. The van der Waals surface area contributed by atoms with Crippen molar-refractivity contribution < 1.29 is 9.59 Å². The third kappa shape index (κ3) is 7.61. The summed E-state index contributed by atoms with van der Waals surface area (Å²) in [5, 5.41) is 4.32. The molecule has 4 unspecified atom stereocenters. The normalized spacial score (nSPS) is 22.6. The molecule has 11 heteroatoms. The lowest BCUT2D eigenvalue weighted by molar-refractivity contribution is 0.124. The quantitative estimate of drug-likeness (QED) is 0.522. The molecule has 2 aromatic rings. The van der Waals surface area contributed by atoms with Crippen LogP contribution in [-0.4, -0.2) is 125 Å². The molecule has 0 aliphatic carbocycles. The van der Waals surface area contributed by atoms with Crippen molar-refractivity contribution in [1.29, 1.82) is 0 Å². The molecular weight excluding hydrogens is 518 g/mol. The van der Waals surface area contributed by atoms with Crippen molar-refractivity contribution in [2.75, 3.05) is 71.4 Å². The van der Waals surface area contributed by atoms with Crippen LogP contribution in [0.25, 0.3) is 11.0 Å². The lowest BCUT2D eigenvalue weighted by Gasteiger charge is -2.43. The minimum Gasteiger partial charge on any atom is -0.354 e. The molecule has 2 aromatic heterocycles. The Balaban J connectivity index is 0.000000250. The van der Waals surface area contributed by atoms with Crippen molar-refractivity contribution >= 4 is 28.9 Å². The molecule has 4 amide bonds. The Morgan fingerprint density at radius 3 is 2.05 bits per heavy atom. The van der Waals surface area contributed by atoms with Gasteiger partial charge in [-0.25, -0.2) is 19.6 Å². The molecule has 2 N–H and O–H groups in total. The van der Waals surface area contributed by atoms with E-state index in [2.05, 4.69) is 46.1 Å². The van der Waals surface area contributed by atoms with Gasteiger partial charge in [-0.15, -0.1) is 0 Å². The van der Waals surface area contributed by atoms with E-state index in [1.165, 1.54) is 0 Å². The Kier molecular flexibility index (Phi) is 12.1. The largest absolute Gasteiger partial charge is 0.354 e. The van der Waals surface area contributed by atoms with E-state index in [0.717, 1.165) is 82.1 Å². The first-order chi connectivity index (χ1) is 19.7. The predicted octanol–water partition coefficient (Wildman–Crippen LogP) is 3.94. The van der Waals surface area contributed by atoms with Crippen LogP contribution in [0.4, 0.5) is 15.4 Å². The highest BCUT2D eigenvalue weighted by Crippen LogP contribution is 2.29. The average Bonchev–Trinajstić information content (AvgIpc) is 3.48. The number of amides is 4. The zero-order valence-corrected chi connectivity index (χ0v) is 26.6. The van der Waals surface area contributed by atoms with Crippen molar-refractivity contribution in [1.82, 2.24) is 39.9 Å². The van der Waals surface area contributed by atoms with Crippen LogP contribution >= 0.6 is 0 Å². The van der Waals surface area contributed by atoms with E-state index in [-0.39, 0.29) is 18.1 Å². The third-order valence-electron chi connectivity index (χ3n) is 9.02. The highest BCUT2D eigenvalue weighted by atomic mass is 16.2. The minimum absolute atomic E-state index is 0.143. The van der Waals surface area contributed by atoms with Crippen LogP contribution in [-0.2, 0) is 0 Å². The molecule has 0 bridgehead atoms. The Labute approximate surface area is 246 Å². The molecule has 0 aromatic carbocycles. The Bertz CT molecular complexity index is 1100. The number of anilines is 1. The maximum Gasteiger partial charge on any atom is 0.320 e. The van der Waals surface area contributed by atoms with Crippen LogP contribution in [0.1, 0.15) is 54.4 Å². The smallest absolute Gasteiger partial charge is 0.320 e. The molecule has 4 rings (SSSR count). The van der Waals surface area contributed by atoms with Crippen molar-refractivity contribution in [3.8, 4) is 0 Å². The monoisotopic (exact) mass is 571 g/mol. The van der Waals surface area contributed by atoms with Crippen LogP contribution < -0.4 is 10.2 Å². The number of likely N-dealkylation sites (tertiary alicyclic amines) is 2. The second-order valence-corrected chi connectivity index (χ2v) is 11.3. The number of aromatic nitrogens is 3. The third-order valence-corrected chi connectivity index (χ3v) is 9.02. The summed E-state index contributed by atoms with van der Waals surface area (Å²) in [5.41, 5.74) is 0.844. The molecule has 4 atom stereocenters. The van der Waals surface area contributed by atoms with Crippen molar-refractivity contribution in [3.05, 3.63) is 18.6 Å². The molecule has 2 fully saturated rings. The number of nitrogens with zero attached hydrogens (tertiary/aromatic N) is 7. The number of carbonyl (C=O) groups excluding carboxylic acids is 2. The van der Waals surface area contributed by atoms with E-state index < -0.39 is 0 Å². The van der Waals surface area contributed by atoms with Crippen molar-refractivity contribution in [2.24, 2.45) is 11.8 Å². The summed E-state index contributed by atoms with van der Waals surface area (Å²) in [5.74, 6) is 2.07. The minimum atomic E-state index is 0.143. The maximum atomic E-state index is 12.7. The number of carbonyl (C=O) groups is 2. The van der Waals surface area contributed by atoms with E-state index in [1.54, 1.807) is 6.33 Å². The van der Waals surface area contributed by atoms with Gasteiger partial charge in [-0.3, -0.25) is 0 Å². The predicted molar refractivity (Wildman–Crippen MR) is 166 cm³/mol. The van der Waals surface area contributed by atoms with Gasteiger partial charge in [0.15, 0.2) is 0 Å². The molecule has 0 saturated carbocycles. The van der Waals surface area contributed by atoms with Crippen LogP contribution in [0.3, 0.4) is 0 Å². The van der Waals surface area contributed by atoms with Crippen LogP contribution in [0.5, 0.6) is 0 Å². The Morgan fingerprint density at radius 2 is 1.49 bits per heavy atom. The van der Waals surface area contributed by atoms with Crippen molar-refractivity contribution in [3.63, 3.8) is 0 Å². The summed E-state index contributed by atoms with van der Waals surface area (Å²) in [6.45, 7) is 19.0. The molecule has 11 nitrogen and oxygen atoms in total. The number of urea groups is 2. The Morgan fingerprint density at radius 1 is 0.927 bits per heavy atom. The number of hydrogen-bond donors (Lipinski definition) is 2. The molecular formula is C30H53N9O2. The lowest BCUT2D eigenvalue weighted by atomic mass is 9.92. The van der Waals surface area contributed by atoms with Gasteiger partial charge in [-0.05, 0) is 65.5 Å². The van der Waals surface area contributed by atoms with E-state index in [0.29, 0.717) is 17.9 Å². The number of H-pyrrole nitrogens is 1. The number of aromatic amines is 1. The highest BCUT2D eigenvalue weighted by Gasteiger charge is 2.34. The number of likely N-dealkylation sites (N-methyl/N-ethyl adjacent to an activating group) is 2. The SMILES string of the molecule is CCN(CC)C(=O)N1CCC(C)C(N(C)c2ncnc3[nH]ccc23)C1.CCN(CC)C(=O)N1CCC(C)C(NC)C1. The van der Waals surface area contributed by atoms with E-state index >= 15 is 0 Å². The second-order valence-electron chi connectivity index (χ2n) is 11.3. The molecule has 2 aliphatic heterocycles. The summed E-state index contributed by atoms with van der Waals surface area (Å²) < 4.78 is 0. The molecule has 0 spiro atoms. The molecule has 0 radical (unpaired) electrons. The fourth-order valence-corrected chi connectivity index (χ4v) is 6.03. The average molecular weight is 572 g/mol. The van der Waals surface area contributed by atoms with E-state index in [1.807, 2.05) is 66.6 Å². The maximum absolute atomic E-state index is 12.7. The number of piperidine rings is 2. The van der Waals surface area contributed by atoms with Crippen LogP contribution in [0.15, 0.2) is 18.6 Å². The molecule has 41 heavy (non-hydrogen) atoms. The standard InChI is InChI=1S/C18H28N6O.C12H25N3O/c1-5-23(6-2)18(25)24-10-8-13(3)15(11-24)22(4)17-14-7-9-19-16(14)20-12-21-17;1-5-14(6-2)12(16)15-8-7-10(3)11(9-15)13-4/h7,9,12-13,15H,5-6,8,10-11H2,1-4H3,(H,19,20,21);10-11,13H,5-9H2,1-4H3. The van der Waals surface area contributed by atoms with E-state index in [9.17, 15) is 9.59 Å². The first-order valence-electron chi connectivity index (χ1n) is 15.5. The van der Waals surface area contributed by atoms with Gasteiger partial charge in [0, 0.05) is 71.6 Å². The van der Waals surface area contributed by atoms with E-state index in [4.69, 9.17) is 0 Å². The van der Waals surface area contributed by atoms with Gasteiger partial charge in [0.2, 0.25) is 0 Å². The van der Waals surface area contributed by atoms with Gasteiger partial charge in [0.1, 0.15) is 17.8 Å².